The summed E-state index contributed by atoms with van der Waals surface area (Å²) in [6.07, 6.45) is 5.48. The van der Waals surface area contributed by atoms with E-state index in [0.717, 1.165) is 48.6 Å². The summed E-state index contributed by atoms with van der Waals surface area (Å²) in [5, 5.41) is 21.0. The molecular weight excluding hydrogens is 408 g/mol. The highest BCUT2D eigenvalue weighted by Gasteiger charge is 2.42. The number of aromatic nitrogens is 3. The van der Waals surface area contributed by atoms with Gasteiger partial charge in [-0.2, -0.15) is 5.10 Å². The number of amides is 1. The molecule has 0 aromatic carbocycles. The Labute approximate surface area is 188 Å². The van der Waals surface area contributed by atoms with Crippen molar-refractivity contribution in [2.24, 2.45) is 18.9 Å². The van der Waals surface area contributed by atoms with Crippen LogP contribution in [0.3, 0.4) is 0 Å². The number of hydrogen-bond acceptors (Lipinski definition) is 5. The van der Waals surface area contributed by atoms with Gasteiger partial charge in [-0.25, -0.2) is 0 Å². The number of carbonyl (C=O) groups is 2. The number of anilines is 1. The highest BCUT2D eigenvalue weighted by atomic mass is 16.5. The van der Waals surface area contributed by atoms with E-state index in [1.165, 1.54) is 6.42 Å². The van der Waals surface area contributed by atoms with Crippen LogP contribution >= 0.6 is 0 Å². The molecule has 2 aliphatic rings. The normalized spacial score (nSPS) is 21.4. The van der Waals surface area contributed by atoms with Gasteiger partial charge in [0.2, 0.25) is 5.91 Å². The Morgan fingerprint density at radius 1 is 1.25 bits per heavy atom. The largest absolute Gasteiger partial charge is 0.481 e. The second-order valence-corrected chi connectivity index (χ2v) is 10.1. The maximum Gasteiger partial charge on any atom is 0.304 e. The van der Waals surface area contributed by atoms with Crippen molar-refractivity contribution in [3.05, 3.63) is 28.8 Å². The van der Waals surface area contributed by atoms with Crippen LogP contribution < -0.4 is 5.32 Å². The number of nitrogens with zero attached hydrogens (tertiary/aromatic N) is 3. The molecule has 2 aromatic heterocycles. The van der Waals surface area contributed by atoms with Crippen molar-refractivity contribution >= 4 is 17.7 Å². The molecule has 32 heavy (non-hydrogen) atoms. The first-order valence-corrected chi connectivity index (χ1v) is 11.7. The van der Waals surface area contributed by atoms with Crippen LogP contribution in [0.4, 0.5) is 5.82 Å². The quantitative estimate of drug-likeness (QED) is 0.551. The molecule has 2 aliphatic carbocycles. The first-order chi connectivity index (χ1) is 15.2. The van der Waals surface area contributed by atoms with E-state index in [4.69, 9.17) is 4.52 Å². The van der Waals surface area contributed by atoms with E-state index in [9.17, 15) is 14.7 Å². The van der Waals surface area contributed by atoms with Crippen molar-refractivity contribution in [3.8, 4) is 0 Å². The van der Waals surface area contributed by atoms with Gasteiger partial charge in [-0.3, -0.25) is 14.3 Å². The second-order valence-electron chi connectivity index (χ2n) is 10.1. The van der Waals surface area contributed by atoms with Crippen molar-refractivity contribution < 1.29 is 19.2 Å². The molecule has 2 fully saturated rings. The summed E-state index contributed by atoms with van der Waals surface area (Å²) < 4.78 is 7.46. The minimum absolute atomic E-state index is 0.0445. The lowest BCUT2D eigenvalue weighted by Crippen LogP contribution is -2.24. The maximum atomic E-state index is 12.8. The summed E-state index contributed by atoms with van der Waals surface area (Å²) in [4.78, 5) is 24.4. The molecule has 0 spiro atoms. The lowest BCUT2D eigenvalue weighted by Gasteiger charge is -2.35. The molecule has 0 saturated heterocycles. The smallest absolute Gasteiger partial charge is 0.304 e. The van der Waals surface area contributed by atoms with Crippen molar-refractivity contribution in [2.45, 2.75) is 83.5 Å². The van der Waals surface area contributed by atoms with Crippen LogP contribution in [0.5, 0.6) is 0 Å². The molecule has 1 atom stereocenters. The zero-order chi connectivity index (χ0) is 23.0. The standard InChI is InChI=1S/C24H34N4O4/c1-13(2)7-15-9-18(10-15)24-22(16-5-6-16)23(27-32-24)17(12-21(30)31)11-20(29)25-19-8-14(3)26-28(19)4/h8,13,15-18H,5-7,9-12H2,1-4H3,(H,25,29)(H,30,31)/t15-,17-,18+/m1/s1. The number of aliphatic carboxylic acids is 1. The fourth-order valence-electron chi connectivity index (χ4n) is 5.12. The van der Waals surface area contributed by atoms with Crippen LogP contribution in [0.1, 0.15) is 99.3 Å². The fourth-order valence-corrected chi connectivity index (χ4v) is 5.12. The van der Waals surface area contributed by atoms with Crippen molar-refractivity contribution in [3.63, 3.8) is 0 Å². The number of carboxylic acids is 1. The third kappa shape index (κ3) is 5.05. The topological polar surface area (TPSA) is 110 Å². The molecular formula is C24H34N4O4. The monoisotopic (exact) mass is 442 g/mol. The number of rotatable bonds is 10. The van der Waals surface area contributed by atoms with E-state index in [0.29, 0.717) is 29.3 Å². The van der Waals surface area contributed by atoms with E-state index in [1.807, 2.05) is 6.92 Å². The zero-order valence-corrected chi connectivity index (χ0v) is 19.4. The van der Waals surface area contributed by atoms with E-state index >= 15 is 0 Å². The molecule has 8 nitrogen and oxygen atoms in total. The minimum atomic E-state index is -0.939. The van der Waals surface area contributed by atoms with Gasteiger partial charge < -0.3 is 14.9 Å². The highest BCUT2D eigenvalue weighted by molar-refractivity contribution is 5.90. The number of hydrogen-bond donors (Lipinski definition) is 2. The van der Waals surface area contributed by atoms with Gasteiger partial charge in [-0.1, -0.05) is 19.0 Å². The minimum Gasteiger partial charge on any atom is -0.481 e. The Morgan fingerprint density at radius 2 is 1.97 bits per heavy atom. The Morgan fingerprint density at radius 3 is 2.53 bits per heavy atom. The van der Waals surface area contributed by atoms with Crippen LogP contribution in [-0.2, 0) is 16.6 Å². The van der Waals surface area contributed by atoms with Crippen LogP contribution in [-0.4, -0.2) is 31.9 Å². The number of carbonyl (C=O) groups excluding carboxylic acids is 1. The second kappa shape index (κ2) is 9.08. The number of nitrogens with one attached hydrogen (secondary N) is 1. The maximum absolute atomic E-state index is 12.8. The molecule has 0 bridgehead atoms. The summed E-state index contributed by atoms with van der Waals surface area (Å²) >= 11 is 0. The van der Waals surface area contributed by atoms with Crippen LogP contribution in [0, 0.1) is 18.8 Å². The zero-order valence-electron chi connectivity index (χ0n) is 19.4. The molecule has 0 radical (unpaired) electrons. The summed E-state index contributed by atoms with van der Waals surface area (Å²) in [6, 6.07) is 1.79. The lowest BCUT2D eigenvalue weighted by atomic mass is 9.69. The third-order valence-corrected chi connectivity index (χ3v) is 6.69. The molecule has 4 rings (SSSR count). The van der Waals surface area contributed by atoms with Gasteiger partial charge in [-0.15, -0.1) is 0 Å². The van der Waals surface area contributed by atoms with E-state index in [2.05, 4.69) is 29.4 Å². The van der Waals surface area contributed by atoms with Gasteiger partial charge in [0.05, 0.1) is 17.8 Å². The summed E-state index contributed by atoms with van der Waals surface area (Å²) in [7, 11) is 1.76. The molecule has 1 amide bonds. The summed E-state index contributed by atoms with van der Waals surface area (Å²) in [5.41, 5.74) is 2.57. The van der Waals surface area contributed by atoms with Crippen molar-refractivity contribution in [2.75, 3.05) is 5.32 Å². The fraction of sp³-hybridized carbons (Fsp3) is 0.667. The van der Waals surface area contributed by atoms with E-state index < -0.39 is 11.9 Å². The van der Waals surface area contributed by atoms with Gasteiger partial charge in [0.15, 0.2) is 0 Å². The highest BCUT2D eigenvalue weighted by Crippen LogP contribution is 2.52. The lowest BCUT2D eigenvalue weighted by molar-refractivity contribution is -0.137. The average Bonchev–Trinajstić information content (AvgIpc) is 3.32. The molecule has 0 unspecified atom stereocenters. The summed E-state index contributed by atoms with van der Waals surface area (Å²) in [5.74, 6) is 2.01. The van der Waals surface area contributed by atoms with Crippen LogP contribution in [0.25, 0.3) is 0 Å². The summed E-state index contributed by atoms with van der Waals surface area (Å²) in [6.45, 7) is 6.36. The Balaban J connectivity index is 1.52. The van der Waals surface area contributed by atoms with Gasteiger partial charge in [0, 0.05) is 36.9 Å². The Hall–Kier alpha value is -2.64. The van der Waals surface area contributed by atoms with Crippen LogP contribution in [0.2, 0.25) is 0 Å². The molecule has 8 heteroatoms. The van der Waals surface area contributed by atoms with Crippen molar-refractivity contribution in [1.82, 2.24) is 14.9 Å². The Bertz CT molecular complexity index is 982. The molecule has 0 aliphatic heterocycles. The molecule has 2 saturated carbocycles. The first kappa shape index (κ1) is 22.6. The first-order valence-electron chi connectivity index (χ1n) is 11.7. The number of aryl methyl sites for hydroxylation is 2. The molecule has 2 aromatic rings. The average molecular weight is 443 g/mol. The Kier molecular flexibility index (Phi) is 6.40. The molecule has 2 N–H and O–H groups in total. The predicted octanol–water partition coefficient (Wildman–Crippen LogP) is 4.72. The van der Waals surface area contributed by atoms with Gasteiger partial charge in [0.1, 0.15) is 11.6 Å². The van der Waals surface area contributed by atoms with Gasteiger partial charge >= 0.3 is 5.97 Å². The van der Waals surface area contributed by atoms with E-state index in [-0.39, 0.29) is 18.7 Å². The van der Waals surface area contributed by atoms with Gasteiger partial charge in [0.25, 0.3) is 0 Å². The molecule has 174 valence electrons. The van der Waals surface area contributed by atoms with Gasteiger partial charge in [-0.05, 0) is 56.8 Å². The predicted molar refractivity (Wildman–Crippen MR) is 120 cm³/mol. The van der Waals surface area contributed by atoms with Crippen LogP contribution in [0.15, 0.2) is 10.6 Å². The number of carboxylic acid groups (broad SMARTS) is 1. The van der Waals surface area contributed by atoms with Crippen molar-refractivity contribution in [1.29, 1.82) is 0 Å². The molecule has 2 heterocycles. The van der Waals surface area contributed by atoms with E-state index in [1.54, 1.807) is 17.8 Å². The SMILES string of the molecule is Cc1cc(NC(=O)C[C@H](CC(=O)O)c2noc([C@H]3C[C@@H](CC(C)C)C3)c2C2CC2)n(C)n1. The third-order valence-electron chi connectivity index (χ3n) is 6.69.